The van der Waals surface area contributed by atoms with Crippen LogP contribution in [0.5, 0.6) is 0 Å². The van der Waals surface area contributed by atoms with Gasteiger partial charge in [0.15, 0.2) is 5.96 Å². The quantitative estimate of drug-likeness (QED) is 0.423. The van der Waals surface area contributed by atoms with Crippen LogP contribution >= 0.6 is 0 Å². The second-order valence-corrected chi connectivity index (χ2v) is 6.42. The van der Waals surface area contributed by atoms with E-state index in [2.05, 4.69) is 34.4 Å². The first-order valence-electron chi connectivity index (χ1n) is 9.70. The zero-order valence-electron chi connectivity index (χ0n) is 16.3. The van der Waals surface area contributed by atoms with E-state index in [-0.39, 0.29) is 5.97 Å². The van der Waals surface area contributed by atoms with E-state index in [1.54, 1.807) is 12.1 Å². The van der Waals surface area contributed by atoms with E-state index in [1.807, 2.05) is 19.1 Å². The number of esters is 1. The van der Waals surface area contributed by atoms with Gasteiger partial charge in [0, 0.05) is 19.1 Å². The van der Waals surface area contributed by atoms with E-state index in [0.29, 0.717) is 24.8 Å². The summed E-state index contributed by atoms with van der Waals surface area (Å²) in [7, 11) is 0. The molecule has 6 heteroatoms. The Hall–Kier alpha value is -2.08. The molecule has 144 valence electrons. The standard InChI is InChI=1S/C20H32N4O2/c1-4-21-20(23-15-18-8-7-13-24(18)5-2)22-14-16-9-11-17(12-10-16)19(25)26-6-3/h9-12,18H,4-8,13-15H2,1-3H3,(H2,21,22,23). The molecule has 0 saturated carbocycles. The van der Waals surface area contributed by atoms with E-state index in [1.165, 1.54) is 19.4 Å². The fourth-order valence-electron chi connectivity index (χ4n) is 3.23. The van der Waals surface area contributed by atoms with Crippen LogP contribution in [0.2, 0.25) is 0 Å². The molecule has 26 heavy (non-hydrogen) atoms. The third-order valence-corrected chi connectivity index (χ3v) is 4.64. The molecule has 0 spiro atoms. The van der Waals surface area contributed by atoms with Crippen molar-refractivity contribution < 1.29 is 9.53 Å². The zero-order valence-corrected chi connectivity index (χ0v) is 16.3. The van der Waals surface area contributed by atoms with Gasteiger partial charge in [-0.25, -0.2) is 9.79 Å². The predicted molar refractivity (Wildman–Crippen MR) is 105 cm³/mol. The highest BCUT2D eigenvalue weighted by Gasteiger charge is 2.22. The minimum absolute atomic E-state index is 0.283. The van der Waals surface area contributed by atoms with Crippen LogP contribution in [0.15, 0.2) is 29.3 Å². The SMILES string of the molecule is CCNC(=NCc1ccc(C(=O)OCC)cc1)NCC1CCCN1CC. The zero-order chi connectivity index (χ0) is 18.8. The number of likely N-dealkylation sites (N-methyl/N-ethyl adjacent to an activating group) is 1. The Morgan fingerprint density at radius 1 is 1.23 bits per heavy atom. The minimum Gasteiger partial charge on any atom is -0.462 e. The molecule has 1 aliphatic heterocycles. The molecule has 2 rings (SSSR count). The maximum Gasteiger partial charge on any atom is 0.338 e. The molecule has 1 aliphatic rings. The second kappa shape index (κ2) is 10.8. The number of nitrogens with zero attached hydrogens (tertiary/aromatic N) is 2. The van der Waals surface area contributed by atoms with Crippen molar-refractivity contribution in [3.63, 3.8) is 0 Å². The Bertz CT molecular complexity index is 586. The van der Waals surface area contributed by atoms with Crippen LogP contribution in [-0.2, 0) is 11.3 Å². The first-order valence-corrected chi connectivity index (χ1v) is 9.70. The molecule has 6 nitrogen and oxygen atoms in total. The summed E-state index contributed by atoms with van der Waals surface area (Å²) in [6.45, 7) is 11.1. The molecule has 0 bridgehead atoms. The third kappa shape index (κ3) is 6.02. The van der Waals surface area contributed by atoms with E-state index in [9.17, 15) is 4.79 Å². The molecule has 1 atom stereocenters. The lowest BCUT2D eigenvalue weighted by molar-refractivity contribution is 0.0526. The molecule has 0 amide bonds. The Morgan fingerprint density at radius 3 is 2.65 bits per heavy atom. The summed E-state index contributed by atoms with van der Waals surface area (Å²) in [5.41, 5.74) is 1.64. The molecular formula is C20H32N4O2. The van der Waals surface area contributed by atoms with Gasteiger partial charge in [0.25, 0.3) is 0 Å². The van der Waals surface area contributed by atoms with Crippen molar-refractivity contribution in [1.29, 1.82) is 0 Å². The number of guanidine groups is 1. The topological polar surface area (TPSA) is 66.0 Å². The number of hydrogen-bond acceptors (Lipinski definition) is 4. The number of hydrogen-bond donors (Lipinski definition) is 2. The molecule has 2 N–H and O–H groups in total. The van der Waals surface area contributed by atoms with Crippen molar-refractivity contribution in [3.8, 4) is 0 Å². The summed E-state index contributed by atoms with van der Waals surface area (Å²) in [6.07, 6.45) is 2.52. The maximum atomic E-state index is 11.7. The Labute approximate surface area is 157 Å². The van der Waals surface area contributed by atoms with Gasteiger partial charge in [-0.1, -0.05) is 19.1 Å². The number of benzene rings is 1. The van der Waals surface area contributed by atoms with Crippen molar-refractivity contribution in [3.05, 3.63) is 35.4 Å². The lowest BCUT2D eigenvalue weighted by Crippen LogP contribution is -2.44. The normalized spacial score (nSPS) is 18.0. The van der Waals surface area contributed by atoms with Crippen molar-refractivity contribution in [2.45, 2.75) is 46.2 Å². The highest BCUT2D eigenvalue weighted by atomic mass is 16.5. The number of ether oxygens (including phenoxy) is 1. The Balaban J connectivity index is 1.90. The number of rotatable bonds is 8. The number of nitrogens with one attached hydrogen (secondary N) is 2. The van der Waals surface area contributed by atoms with E-state index >= 15 is 0 Å². The largest absolute Gasteiger partial charge is 0.462 e. The lowest BCUT2D eigenvalue weighted by atomic mass is 10.1. The number of aliphatic imine (C=N–C) groups is 1. The van der Waals surface area contributed by atoms with Gasteiger partial charge in [0.2, 0.25) is 0 Å². The van der Waals surface area contributed by atoms with Gasteiger partial charge in [0.05, 0.1) is 18.7 Å². The summed E-state index contributed by atoms with van der Waals surface area (Å²) in [4.78, 5) is 18.9. The minimum atomic E-state index is -0.283. The smallest absolute Gasteiger partial charge is 0.338 e. The summed E-state index contributed by atoms with van der Waals surface area (Å²) in [5, 5.41) is 6.77. The summed E-state index contributed by atoms with van der Waals surface area (Å²) < 4.78 is 5.01. The van der Waals surface area contributed by atoms with Crippen LogP contribution in [-0.4, -0.2) is 55.7 Å². The number of likely N-dealkylation sites (tertiary alicyclic amines) is 1. The van der Waals surface area contributed by atoms with Gasteiger partial charge in [-0.05, 0) is 57.5 Å². The van der Waals surface area contributed by atoms with Gasteiger partial charge in [-0.3, -0.25) is 4.90 Å². The van der Waals surface area contributed by atoms with Crippen LogP contribution in [0, 0.1) is 0 Å². The first-order chi connectivity index (χ1) is 12.7. The number of carbonyl (C=O) groups excluding carboxylic acids is 1. The summed E-state index contributed by atoms with van der Waals surface area (Å²) in [5.74, 6) is 0.555. The monoisotopic (exact) mass is 360 g/mol. The van der Waals surface area contributed by atoms with E-state index < -0.39 is 0 Å². The molecule has 1 heterocycles. The highest BCUT2D eigenvalue weighted by molar-refractivity contribution is 5.89. The fraction of sp³-hybridized carbons (Fsp3) is 0.600. The van der Waals surface area contributed by atoms with Gasteiger partial charge in [0.1, 0.15) is 0 Å². The molecule has 0 aliphatic carbocycles. The van der Waals surface area contributed by atoms with Crippen LogP contribution in [0.3, 0.4) is 0 Å². The van der Waals surface area contributed by atoms with Crippen molar-refractivity contribution in [1.82, 2.24) is 15.5 Å². The van der Waals surface area contributed by atoms with Gasteiger partial charge < -0.3 is 15.4 Å². The molecule has 1 saturated heterocycles. The number of carbonyl (C=O) groups is 1. The second-order valence-electron chi connectivity index (χ2n) is 6.42. The predicted octanol–water partition coefficient (Wildman–Crippen LogP) is 2.40. The van der Waals surface area contributed by atoms with Crippen LogP contribution in [0.25, 0.3) is 0 Å². The van der Waals surface area contributed by atoms with Gasteiger partial charge in [-0.2, -0.15) is 0 Å². The maximum absolute atomic E-state index is 11.7. The Morgan fingerprint density at radius 2 is 2.00 bits per heavy atom. The summed E-state index contributed by atoms with van der Waals surface area (Å²) in [6, 6.07) is 8.03. The van der Waals surface area contributed by atoms with Gasteiger partial charge in [-0.15, -0.1) is 0 Å². The Kier molecular flexibility index (Phi) is 8.41. The summed E-state index contributed by atoms with van der Waals surface area (Å²) >= 11 is 0. The third-order valence-electron chi connectivity index (χ3n) is 4.64. The van der Waals surface area contributed by atoms with Gasteiger partial charge >= 0.3 is 5.97 Å². The molecule has 0 aromatic heterocycles. The van der Waals surface area contributed by atoms with E-state index in [0.717, 1.165) is 31.2 Å². The molecular weight excluding hydrogens is 328 g/mol. The lowest BCUT2D eigenvalue weighted by Gasteiger charge is -2.24. The fourth-order valence-corrected chi connectivity index (χ4v) is 3.23. The molecule has 1 unspecified atom stereocenters. The average Bonchev–Trinajstić information content (AvgIpc) is 3.12. The van der Waals surface area contributed by atoms with Crippen molar-refractivity contribution in [2.24, 2.45) is 4.99 Å². The first kappa shape index (κ1) is 20.2. The molecule has 0 radical (unpaired) electrons. The average molecular weight is 361 g/mol. The van der Waals surface area contributed by atoms with Crippen LogP contribution < -0.4 is 10.6 Å². The van der Waals surface area contributed by atoms with Crippen molar-refractivity contribution in [2.75, 3.05) is 32.8 Å². The molecule has 1 aromatic rings. The van der Waals surface area contributed by atoms with Crippen LogP contribution in [0.4, 0.5) is 0 Å². The molecule has 1 fully saturated rings. The highest BCUT2D eigenvalue weighted by Crippen LogP contribution is 2.15. The molecule has 1 aromatic carbocycles. The van der Waals surface area contributed by atoms with Crippen molar-refractivity contribution >= 4 is 11.9 Å². The van der Waals surface area contributed by atoms with Crippen LogP contribution in [0.1, 0.15) is 49.5 Å². The van der Waals surface area contributed by atoms with E-state index in [4.69, 9.17) is 4.74 Å².